The first-order valence-corrected chi connectivity index (χ1v) is 5.35. The van der Waals surface area contributed by atoms with Gasteiger partial charge in [0.1, 0.15) is 0 Å². The average Bonchev–Trinajstić information content (AvgIpc) is 2.35. The Hall–Kier alpha value is -1.82. The minimum atomic E-state index is -0.531. The molecule has 4 N–H and O–H groups in total. The van der Waals surface area contributed by atoms with Gasteiger partial charge in [-0.15, -0.1) is 0 Å². The quantitative estimate of drug-likeness (QED) is 0.324. The molecule has 1 atom stereocenters. The van der Waals surface area contributed by atoms with Crippen LogP contribution in [0.25, 0.3) is 0 Å². The molecule has 1 unspecified atom stereocenters. The Morgan fingerprint density at radius 1 is 1.76 bits per heavy atom. The summed E-state index contributed by atoms with van der Waals surface area (Å²) in [4.78, 5) is 15.6. The van der Waals surface area contributed by atoms with Crippen molar-refractivity contribution < 1.29 is 10.0 Å². The second kappa shape index (κ2) is 6.05. The molecular weight excluding hydrogens is 244 g/mol. The number of nitrogens with one attached hydrogen (secondary N) is 1. The fourth-order valence-electron chi connectivity index (χ4n) is 1.25. The second-order valence-corrected chi connectivity index (χ2v) is 3.72. The number of rotatable bonds is 4. The maximum Gasteiger partial charge on any atom is 0.253 e. The molecule has 1 rings (SSSR count). The maximum atomic E-state index is 11.8. The second-order valence-electron chi connectivity index (χ2n) is 3.31. The van der Waals surface area contributed by atoms with E-state index in [0.29, 0.717) is 12.0 Å². The minimum Gasteiger partial charge on any atom is -0.409 e. The van der Waals surface area contributed by atoms with E-state index in [9.17, 15) is 4.79 Å². The van der Waals surface area contributed by atoms with Gasteiger partial charge >= 0.3 is 0 Å². The van der Waals surface area contributed by atoms with Crippen molar-refractivity contribution in [2.24, 2.45) is 10.9 Å². The van der Waals surface area contributed by atoms with E-state index in [2.05, 4.69) is 15.5 Å². The molecule has 1 heterocycles. The summed E-state index contributed by atoms with van der Waals surface area (Å²) in [6, 6.07) is 0.966. The topological polar surface area (TPSA) is 101 Å². The van der Waals surface area contributed by atoms with Crippen molar-refractivity contribution in [3.05, 3.63) is 29.0 Å². The first-order valence-electron chi connectivity index (χ1n) is 4.98. The van der Waals surface area contributed by atoms with Crippen LogP contribution in [0.15, 0.2) is 23.6 Å². The van der Waals surface area contributed by atoms with Crippen molar-refractivity contribution in [3.63, 3.8) is 0 Å². The smallest absolute Gasteiger partial charge is 0.253 e. The summed E-state index contributed by atoms with van der Waals surface area (Å²) in [6.07, 6.45) is 3.34. The molecule has 0 spiro atoms. The fourth-order valence-corrected chi connectivity index (χ4v) is 1.46. The molecule has 0 aliphatic carbocycles. The van der Waals surface area contributed by atoms with Crippen molar-refractivity contribution in [1.82, 2.24) is 10.3 Å². The van der Waals surface area contributed by atoms with E-state index in [1.54, 1.807) is 6.92 Å². The molecule has 6 nitrogen and oxygen atoms in total. The van der Waals surface area contributed by atoms with Gasteiger partial charge in [-0.2, -0.15) is 0 Å². The average molecular weight is 257 g/mol. The van der Waals surface area contributed by atoms with Gasteiger partial charge in [0.15, 0.2) is 5.84 Å². The highest BCUT2D eigenvalue weighted by Crippen LogP contribution is 2.13. The molecule has 0 saturated heterocycles. The summed E-state index contributed by atoms with van der Waals surface area (Å²) in [5.74, 6) is -0.443. The van der Waals surface area contributed by atoms with Crippen LogP contribution in [0.1, 0.15) is 23.7 Å². The van der Waals surface area contributed by atoms with Crippen molar-refractivity contribution in [2.45, 2.75) is 19.4 Å². The van der Waals surface area contributed by atoms with Crippen molar-refractivity contribution in [3.8, 4) is 0 Å². The Kier molecular flexibility index (Phi) is 4.71. The zero-order valence-corrected chi connectivity index (χ0v) is 9.98. The molecule has 92 valence electrons. The van der Waals surface area contributed by atoms with Crippen LogP contribution in [0.5, 0.6) is 0 Å². The summed E-state index contributed by atoms with van der Waals surface area (Å²) in [5.41, 5.74) is 5.73. The lowest BCUT2D eigenvalue weighted by atomic mass is 10.2. The highest BCUT2D eigenvalue weighted by atomic mass is 35.5. The van der Waals surface area contributed by atoms with Crippen LogP contribution in [-0.4, -0.2) is 28.0 Å². The van der Waals surface area contributed by atoms with Gasteiger partial charge in [-0.1, -0.05) is 23.7 Å². The van der Waals surface area contributed by atoms with Gasteiger partial charge in [-0.3, -0.25) is 9.78 Å². The molecule has 0 fully saturated rings. The van der Waals surface area contributed by atoms with Crippen LogP contribution in [-0.2, 0) is 0 Å². The minimum absolute atomic E-state index is 0.0500. The summed E-state index contributed by atoms with van der Waals surface area (Å²) < 4.78 is 0. The first kappa shape index (κ1) is 13.2. The monoisotopic (exact) mass is 256 g/mol. The molecule has 1 aromatic heterocycles. The number of pyridine rings is 1. The Morgan fingerprint density at radius 2 is 2.47 bits per heavy atom. The van der Waals surface area contributed by atoms with E-state index in [1.165, 1.54) is 18.5 Å². The van der Waals surface area contributed by atoms with Crippen molar-refractivity contribution in [1.29, 1.82) is 0 Å². The first-order chi connectivity index (χ1) is 8.10. The molecule has 0 bridgehead atoms. The number of aromatic nitrogens is 1. The molecule has 1 amide bonds. The molecule has 0 aromatic carbocycles. The lowest BCUT2D eigenvalue weighted by molar-refractivity contribution is 0.0945. The van der Waals surface area contributed by atoms with Gasteiger partial charge in [-0.25, -0.2) is 0 Å². The number of hydrogen-bond acceptors (Lipinski definition) is 4. The Labute approximate surface area is 103 Å². The van der Waals surface area contributed by atoms with Gasteiger partial charge in [0, 0.05) is 12.4 Å². The SMILES string of the molecule is CCC(NC(=O)c1ccncc1Cl)C(N)=NO. The van der Waals surface area contributed by atoms with Gasteiger partial charge in [-0.05, 0) is 12.5 Å². The van der Waals surface area contributed by atoms with Crippen LogP contribution in [0.3, 0.4) is 0 Å². The Balaban J connectivity index is 2.82. The number of hydrogen-bond donors (Lipinski definition) is 3. The van der Waals surface area contributed by atoms with E-state index in [1.807, 2.05) is 0 Å². The number of carbonyl (C=O) groups excluding carboxylic acids is 1. The zero-order chi connectivity index (χ0) is 12.8. The van der Waals surface area contributed by atoms with E-state index < -0.39 is 11.9 Å². The number of halogens is 1. The third-order valence-corrected chi connectivity index (χ3v) is 2.50. The number of nitrogens with two attached hydrogens (primary N) is 1. The normalized spacial score (nSPS) is 13.2. The van der Waals surface area contributed by atoms with E-state index in [-0.39, 0.29) is 10.9 Å². The van der Waals surface area contributed by atoms with Gasteiger partial charge in [0.05, 0.1) is 16.6 Å². The lowest BCUT2D eigenvalue weighted by Gasteiger charge is -2.15. The van der Waals surface area contributed by atoms with Crippen LogP contribution >= 0.6 is 11.6 Å². The number of nitrogens with zero attached hydrogens (tertiary/aromatic N) is 2. The van der Waals surface area contributed by atoms with Gasteiger partial charge in [0.25, 0.3) is 5.91 Å². The lowest BCUT2D eigenvalue weighted by Crippen LogP contribution is -2.44. The highest BCUT2D eigenvalue weighted by molar-refractivity contribution is 6.33. The highest BCUT2D eigenvalue weighted by Gasteiger charge is 2.17. The summed E-state index contributed by atoms with van der Waals surface area (Å²) in [6.45, 7) is 1.80. The Bertz CT molecular complexity index is 436. The molecule has 1 aromatic rings. The number of amides is 1. The summed E-state index contributed by atoms with van der Waals surface area (Å²) in [5, 5.41) is 14.3. The standard InChI is InChI=1S/C10H13ClN4O2/c1-2-8(9(12)15-17)14-10(16)6-3-4-13-5-7(6)11/h3-5,8,17H,2H2,1H3,(H2,12,15)(H,14,16). The van der Waals surface area contributed by atoms with Crippen LogP contribution in [0.4, 0.5) is 0 Å². The molecule has 0 saturated carbocycles. The maximum absolute atomic E-state index is 11.8. The molecule has 7 heteroatoms. The fraction of sp³-hybridized carbons (Fsp3) is 0.300. The number of carbonyl (C=O) groups is 1. The number of oxime groups is 1. The molecule has 17 heavy (non-hydrogen) atoms. The van der Waals surface area contributed by atoms with Crippen LogP contribution in [0, 0.1) is 0 Å². The Morgan fingerprint density at radius 3 is 3.00 bits per heavy atom. The predicted molar refractivity (Wildman–Crippen MR) is 64.2 cm³/mol. The predicted octanol–water partition coefficient (Wildman–Crippen LogP) is 0.990. The van der Waals surface area contributed by atoms with Crippen LogP contribution in [0.2, 0.25) is 5.02 Å². The molecular formula is C10H13ClN4O2. The molecule has 0 radical (unpaired) electrons. The molecule has 0 aliphatic rings. The summed E-state index contributed by atoms with van der Waals surface area (Å²) in [7, 11) is 0. The van der Waals surface area contributed by atoms with Gasteiger partial charge < -0.3 is 16.3 Å². The van der Waals surface area contributed by atoms with Crippen molar-refractivity contribution >= 4 is 23.3 Å². The van der Waals surface area contributed by atoms with E-state index in [0.717, 1.165) is 0 Å². The van der Waals surface area contributed by atoms with E-state index in [4.69, 9.17) is 22.5 Å². The third-order valence-electron chi connectivity index (χ3n) is 2.20. The van der Waals surface area contributed by atoms with Gasteiger partial charge in [0.2, 0.25) is 0 Å². The molecule has 0 aliphatic heterocycles. The summed E-state index contributed by atoms with van der Waals surface area (Å²) >= 11 is 5.82. The number of amidine groups is 1. The van der Waals surface area contributed by atoms with Crippen LogP contribution < -0.4 is 11.1 Å². The van der Waals surface area contributed by atoms with E-state index >= 15 is 0 Å². The third kappa shape index (κ3) is 3.32. The van der Waals surface area contributed by atoms with Crippen molar-refractivity contribution in [2.75, 3.05) is 0 Å². The largest absolute Gasteiger partial charge is 0.409 e. The zero-order valence-electron chi connectivity index (χ0n) is 9.22.